The average molecular weight is 327 g/mol. The molecule has 5 heteroatoms. The number of hydrogen-bond donors (Lipinski definition) is 2. The van der Waals surface area contributed by atoms with Crippen LogP contribution in [-0.4, -0.2) is 51.7 Å². The lowest BCUT2D eigenvalue weighted by atomic mass is 9.49. The molecule has 2 bridgehead atoms. The highest BCUT2D eigenvalue weighted by Crippen LogP contribution is 2.64. The normalized spacial score (nSPS) is 39.3. The van der Waals surface area contributed by atoms with Crippen LogP contribution in [0.4, 0.5) is 0 Å². The van der Waals surface area contributed by atoms with Crippen LogP contribution in [0.2, 0.25) is 0 Å². The molecule has 2 heterocycles. The number of nitrogens with zero attached hydrogens (tertiary/aromatic N) is 1. The Morgan fingerprint density at radius 3 is 3.04 bits per heavy atom. The van der Waals surface area contributed by atoms with Crippen molar-refractivity contribution in [2.24, 2.45) is 0 Å². The van der Waals surface area contributed by atoms with Gasteiger partial charge in [-0.15, -0.1) is 6.58 Å². The van der Waals surface area contributed by atoms with Crippen LogP contribution in [-0.2, 0) is 16.6 Å². The van der Waals surface area contributed by atoms with Crippen molar-refractivity contribution in [3.63, 3.8) is 0 Å². The molecule has 1 spiro atoms. The summed E-state index contributed by atoms with van der Waals surface area (Å²) in [6.45, 7) is 5.36. The minimum absolute atomic E-state index is 0.0408. The van der Waals surface area contributed by atoms with Gasteiger partial charge in [0, 0.05) is 31.1 Å². The van der Waals surface area contributed by atoms with Crippen LogP contribution in [0, 0.1) is 0 Å². The molecule has 1 saturated carbocycles. The number of phenols is 1. The highest BCUT2D eigenvalue weighted by molar-refractivity contribution is 5.90. The van der Waals surface area contributed by atoms with Gasteiger partial charge in [-0.25, -0.2) is 0 Å². The minimum Gasteiger partial charge on any atom is -0.504 e. The van der Waals surface area contributed by atoms with Crippen LogP contribution in [0.5, 0.6) is 11.5 Å². The Balaban J connectivity index is 1.80. The summed E-state index contributed by atoms with van der Waals surface area (Å²) in [5, 5.41) is 22.1. The van der Waals surface area contributed by atoms with E-state index in [1.807, 2.05) is 12.1 Å². The number of rotatable bonds is 2. The minimum atomic E-state index is -1.00. The van der Waals surface area contributed by atoms with Gasteiger partial charge in [0.2, 0.25) is 0 Å². The molecule has 2 N–H and O–H groups in total. The lowest BCUT2D eigenvalue weighted by Gasteiger charge is -2.62. The van der Waals surface area contributed by atoms with E-state index in [4.69, 9.17) is 4.74 Å². The van der Waals surface area contributed by atoms with E-state index in [1.54, 1.807) is 6.07 Å². The van der Waals surface area contributed by atoms with E-state index < -0.39 is 17.1 Å². The fourth-order valence-electron chi connectivity index (χ4n) is 5.80. The molecule has 2 aliphatic carbocycles. The van der Waals surface area contributed by atoms with Crippen molar-refractivity contribution in [3.8, 4) is 11.5 Å². The molecule has 5 rings (SSSR count). The maximum Gasteiger partial charge on any atom is 0.174 e. The third-order valence-corrected chi connectivity index (χ3v) is 6.73. The summed E-state index contributed by atoms with van der Waals surface area (Å²) in [4.78, 5) is 14.9. The zero-order valence-electron chi connectivity index (χ0n) is 13.5. The third kappa shape index (κ3) is 1.38. The molecule has 0 aromatic heterocycles. The van der Waals surface area contributed by atoms with E-state index in [9.17, 15) is 15.0 Å². The Morgan fingerprint density at radius 1 is 1.42 bits per heavy atom. The van der Waals surface area contributed by atoms with Crippen molar-refractivity contribution in [2.75, 3.05) is 13.1 Å². The molecule has 1 aromatic carbocycles. The zero-order chi connectivity index (χ0) is 16.7. The Labute approximate surface area is 140 Å². The van der Waals surface area contributed by atoms with E-state index >= 15 is 0 Å². The predicted molar refractivity (Wildman–Crippen MR) is 87.3 cm³/mol. The largest absolute Gasteiger partial charge is 0.504 e. The summed E-state index contributed by atoms with van der Waals surface area (Å²) in [5.41, 5.74) is 0.256. The molecule has 2 fully saturated rings. The first-order valence-corrected chi connectivity index (χ1v) is 8.65. The number of benzene rings is 1. The second-order valence-corrected chi connectivity index (χ2v) is 7.56. The smallest absolute Gasteiger partial charge is 0.174 e. The van der Waals surface area contributed by atoms with Crippen molar-refractivity contribution >= 4 is 5.78 Å². The Morgan fingerprint density at radius 2 is 2.25 bits per heavy atom. The summed E-state index contributed by atoms with van der Waals surface area (Å²) in [5.74, 6) is 0.528. The predicted octanol–water partition coefficient (Wildman–Crippen LogP) is 1.30. The number of piperidine rings is 1. The standard InChI is InChI=1S/C19H21NO4/c1-2-8-20-9-7-18-15-11-3-4-12(21)16(15)24-17(18)13(22)5-6-19(18,23)14(20)10-11/h2-4,14,17,21,23H,1,5-10H2/t14-,17+,18+,19?/m1/s1. The molecule has 5 nitrogen and oxygen atoms in total. The van der Waals surface area contributed by atoms with E-state index in [1.165, 1.54) is 0 Å². The van der Waals surface area contributed by atoms with Crippen LogP contribution in [0.15, 0.2) is 24.8 Å². The summed E-state index contributed by atoms with van der Waals surface area (Å²) in [6, 6.07) is 3.52. The summed E-state index contributed by atoms with van der Waals surface area (Å²) < 4.78 is 5.98. The zero-order valence-corrected chi connectivity index (χ0v) is 13.5. The number of ketones is 1. The number of aromatic hydroxyl groups is 1. The van der Waals surface area contributed by atoms with Crippen molar-refractivity contribution < 1.29 is 19.7 Å². The van der Waals surface area contributed by atoms with Crippen molar-refractivity contribution in [1.29, 1.82) is 0 Å². The number of likely N-dealkylation sites (tertiary alicyclic amines) is 1. The second kappa shape index (κ2) is 4.41. The first kappa shape index (κ1) is 14.5. The maximum atomic E-state index is 12.6. The Bertz CT molecular complexity index is 775. The molecule has 24 heavy (non-hydrogen) atoms. The molecule has 1 aromatic rings. The van der Waals surface area contributed by atoms with Gasteiger partial charge < -0.3 is 14.9 Å². The van der Waals surface area contributed by atoms with Crippen LogP contribution in [0.25, 0.3) is 0 Å². The average Bonchev–Trinajstić information content (AvgIpc) is 2.91. The Kier molecular flexibility index (Phi) is 2.66. The van der Waals surface area contributed by atoms with Crippen molar-refractivity contribution in [2.45, 2.75) is 48.8 Å². The second-order valence-electron chi connectivity index (χ2n) is 7.56. The van der Waals surface area contributed by atoms with Gasteiger partial charge >= 0.3 is 0 Å². The number of carbonyl (C=O) groups is 1. The molecule has 4 atom stereocenters. The van der Waals surface area contributed by atoms with Gasteiger partial charge in [-0.2, -0.15) is 0 Å². The lowest BCUT2D eigenvalue weighted by Crippen LogP contribution is -2.76. The molecular formula is C19H21NO4. The highest BCUT2D eigenvalue weighted by atomic mass is 16.5. The highest BCUT2D eigenvalue weighted by Gasteiger charge is 2.72. The first-order valence-electron chi connectivity index (χ1n) is 8.65. The molecular weight excluding hydrogens is 306 g/mol. The van der Waals surface area contributed by atoms with Gasteiger partial charge in [-0.1, -0.05) is 12.1 Å². The van der Waals surface area contributed by atoms with Gasteiger partial charge in [0.1, 0.15) is 0 Å². The fraction of sp³-hybridized carbons (Fsp3) is 0.526. The SMILES string of the molecule is C=CCN1CC[C@]23c4c5ccc(O)c4O[C@H]2C(=O)CCC3(O)[C@H]1C5. The topological polar surface area (TPSA) is 70.0 Å². The van der Waals surface area contributed by atoms with Crippen molar-refractivity contribution in [1.82, 2.24) is 4.90 Å². The number of phenolic OH excluding ortho intramolecular Hbond substituents is 1. The number of ether oxygens (including phenoxy) is 1. The van der Waals surface area contributed by atoms with E-state index in [2.05, 4.69) is 11.5 Å². The molecule has 4 aliphatic rings. The number of aliphatic hydroxyl groups is 1. The van der Waals surface area contributed by atoms with Gasteiger partial charge in [0.05, 0.1) is 11.0 Å². The van der Waals surface area contributed by atoms with Gasteiger partial charge in [0.25, 0.3) is 0 Å². The number of hydrogen-bond acceptors (Lipinski definition) is 5. The fourth-order valence-corrected chi connectivity index (χ4v) is 5.80. The van der Waals surface area contributed by atoms with Crippen LogP contribution in [0.1, 0.15) is 30.4 Å². The first-order chi connectivity index (χ1) is 11.5. The molecule has 1 saturated heterocycles. The molecule has 1 unspecified atom stereocenters. The Hall–Kier alpha value is -1.85. The summed E-state index contributed by atoms with van der Waals surface area (Å²) >= 11 is 0. The van der Waals surface area contributed by atoms with Gasteiger partial charge in [0.15, 0.2) is 23.4 Å². The molecule has 0 radical (unpaired) electrons. The number of Topliss-reactive ketones (excluding diaryl/α,β-unsaturated/α-hetero) is 1. The van der Waals surface area contributed by atoms with E-state index in [-0.39, 0.29) is 17.6 Å². The van der Waals surface area contributed by atoms with Crippen LogP contribution >= 0.6 is 0 Å². The molecule has 2 aliphatic heterocycles. The van der Waals surface area contributed by atoms with Gasteiger partial charge in [-0.05, 0) is 30.9 Å². The van der Waals surface area contributed by atoms with E-state index in [0.29, 0.717) is 31.4 Å². The lowest BCUT2D eigenvalue weighted by molar-refractivity contribution is -0.187. The van der Waals surface area contributed by atoms with Crippen LogP contribution in [0.3, 0.4) is 0 Å². The maximum absolute atomic E-state index is 12.6. The molecule has 126 valence electrons. The molecule has 0 amide bonds. The van der Waals surface area contributed by atoms with Crippen LogP contribution < -0.4 is 4.74 Å². The summed E-state index contributed by atoms with van der Waals surface area (Å²) in [7, 11) is 0. The van der Waals surface area contributed by atoms with E-state index in [0.717, 1.165) is 24.2 Å². The third-order valence-electron chi connectivity index (χ3n) is 6.73. The number of carbonyl (C=O) groups excluding carboxylic acids is 1. The monoisotopic (exact) mass is 327 g/mol. The van der Waals surface area contributed by atoms with Gasteiger partial charge in [-0.3, -0.25) is 9.69 Å². The quantitative estimate of drug-likeness (QED) is 0.802. The van der Waals surface area contributed by atoms with Crippen molar-refractivity contribution in [3.05, 3.63) is 35.9 Å². The summed E-state index contributed by atoms with van der Waals surface area (Å²) in [6.07, 6.45) is 3.35.